The van der Waals surface area contributed by atoms with Gasteiger partial charge in [0.15, 0.2) is 0 Å². The molecule has 0 aromatic rings. The summed E-state index contributed by atoms with van der Waals surface area (Å²) in [5, 5.41) is 10.1. The molecule has 1 saturated heterocycles. The Morgan fingerprint density at radius 3 is 1.82 bits per heavy atom. The van der Waals surface area contributed by atoms with E-state index in [2.05, 4.69) is 16.0 Å². The third kappa shape index (κ3) is 2.43. The quantitative estimate of drug-likeness (QED) is 0.508. The molecule has 3 nitrogen and oxygen atoms in total. The summed E-state index contributed by atoms with van der Waals surface area (Å²) in [6.07, 6.45) is 2.45. The highest BCUT2D eigenvalue weighted by atomic mass is 15.0. The first-order chi connectivity index (χ1) is 5.38. The van der Waals surface area contributed by atoms with Crippen molar-refractivity contribution in [2.24, 2.45) is 0 Å². The molecule has 11 heavy (non-hydrogen) atoms. The van der Waals surface area contributed by atoms with E-state index >= 15 is 0 Å². The molecule has 0 aromatic heterocycles. The molecule has 2 atom stereocenters. The molecule has 0 spiro atoms. The molecule has 0 saturated carbocycles. The lowest BCUT2D eigenvalue weighted by molar-refractivity contribution is 0.398. The molecular weight excluding hydrogens is 138 g/mol. The highest BCUT2D eigenvalue weighted by Crippen LogP contribution is 2.04. The maximum absolute atomic E-state index is 3.40. The van der Waals surface area contributed by atoms with Crippen LogP contribution in [0.5, 0.6) is 0 Å². The number of hydrogen-bond donors (Lipinski definition) is 3. The largest absolute Gasteiger partial charge is 0.317 e. The maximum atomic E-state index is 3.40. The monoisotopic (exact) mass is 157 g/mol. The summed E-state index contributed by atoms with van der Waals surface area (Å²) in [4.78, 5) is 0. The van der Waals surface area contributed by atoms with Crippen molar-refractivity contribution in [3.8, 4) is 0 Å². The zero-order chi connectivity index (χ0) is 8.10. The van der Waals surface area contributed by atoms with Gasteiger partial charge < -0.3 is 16.0 Å². The topological polar surface area (TPSA) is 36.1 Å². The minimum atomic E-state index is 0.634. The van der Waals surface area contributed by atoms with Gasteiger partial charge in [-0.1, -0.05) is 0 Å². The van der Waals surface area contributed by atoms with E-state index < -0.39 is 0 Å². The van der Waals surface area contributed by atoms with Gasteiger partial charge in [-0.15, -0.1) is 0 Å². The summed E-state index contributed by atoms with van der Waals surface area (Å²) in [6.45, 7) is 2.29. The standard InChI is InChI=1S/C8H19N3/c1-9-7-3-5-11-6-4-8(7)10-2/h7-11H,3-6H2,1-2H3/t7-,8-/m0/s1. The van der Waals surface area contributed by atoms with Gasteiger partial charge >= 0.3 is 0 Å². The molecule has 0 radical (unpaired) electrons. The molecule has 0 amide bonds. The van der Waals surface area contributed by atoms with Crippen LogP contribution in [0.2, 0.25) is 0 Å². The van der Waals surface area contributed by atoms with Crippen molar-refractivity contribution in [2.75, 3.05) is 27.2 Å². The van der Waals surface area contributed by atoms with Gasteiger partial charge in [0.1, 0.15) is 0 Å². The zero-order valence-electron chi connectivity index (χ0n) is 7.48. The van der Waals surface area contributed by atoms with Crippen LogP contribution in [-0.2, 0) is 0 Å². The lowest BCUT2D eigenvalue weighted by Crippen LogP contribution is -2.45. The van der Waals surface area contributed by atoms with E-state index in [-0.39, 0.29) is 0 Å². The second-order valence-electron chi connectivity index (χ2n) is 3.12. The molecule has 3 N–H and O–H groups in total. The highest BCUT2D eigenvalue weighted by molar-refractivity contribution is 4.83. The van der Waals surface area contributed by atoms with E-state index in [9.17, 15) is 0 Å². The smallest absolute Gasteiger partial charge is 0.0230 e. The summed E-state index contributed by atoms with van der Waals surface area (Å²) in [5.74, 6) is 0. The molecule has 1 aliphatic heterocycles. The minimum Gasteiger partial charge on any atom is -0.317 e. The van der Waals surface area contributed by atoms with Gasteiger partial charge in [0, 0.05) is 12.1 Å². The summed E-state index contributed by atoms with van der Waals surface area (Å²) < 4.78 is 0. The van der Waals surface area contributed by atoms with Crippen LogP contribution < -0.4 is 16.0 Å². The Morgan fingerprint density at radius 2 is 1.45 bits per heavy atom. The molecular formula is C8H19N3. The third-order valence-electron chi connectivity index (χ3n) is 2.49. The molecule has 1 aliphatic rings. The van der Waals surface area contributed by atoms with E-state index in [1.807, 2.05) is 14.1 Å². The van der Waals surface area contributed by atoms with Crippen molar-refractivity contribution in [2.45, 2.75) is 24.9 Å². The third-order valence-corrected chi connectivity index (χ3v) is 2.49. The molecule has 1 fully saturated rings. The Labute approximate surface area is 68.9 Å². The number of nitrogens with one attached hydrogen (secondary N) is 3. The van der Waals surface area contributed by atoms with Crippen molar-refractivity contribution in [1.29, 1.82) is 0 Å². The number of hydrogen-bond acceptors (Lipinski definition) is 3. The predicted octanol–water partition coefficient (Wildman–Crippen LogP) is -0.454. The molecule has 0 unspecified atom stereocenters. The second-order valence-corrected chi connectivity index (χ2v) is 3.12. The molecule has 66 valence electrons. The van der Waals surface area contributed by atoms with Crippen LogP contribution in [0, 0.1) is 0 Å². The van der Waals surface area contributed by atoms with Crippen LogP contribution in [0.3, 0.4) is 0 Å². The summed E-state index contributed by atoms with van der Waals surface area (Å²) in [5.41, 5.74) is 0. The lowest BCUT2D eigenvalue weighted by Gasteiger charge is -2.23. The van der Waals surface area contributed by atoms with Crippen molar-refractivity contribution in [1.82, 2.24) is 16.0 Å². The second kappa shape index (κ2) is 4.70. The van der Waals surface area contributed by atoms with Crippen molar-refractivity contribution >= 4 is 0 Å². The highest BCUT2D eigenvalue weighted by Gasteiger charge is 2.19. The summed E-state index contributed by atoms with van der Waals surface area (Å²) in [7, 11) is 4.08. The first-order valence-corrected chi connectivity index (χ1v) is 4.43. The van der Waals surface area contributed by atoms with Gasteiger partial charge in [0.25, 0.3) is 0 Å². The van der Waals surface area contributed by atoms with Gasteiger partial charge in [-0.2, -0.15) is 0 Å². The Bertz CT molecular complexity index is 93.5. The van der Waals surface area contributed by atoms with Gasteiger partial charge in [0.05, 0.1) is 0 Å². The molecule has 0 aliphatic carbocycles. The Balaban J connectivity index is 2.41. The molecule has 0 bridgehead atoms. The normalized spacial score (nSPS) is 33.3. The first kappa shape index (κ1) is 8.97. The van der Waals surface area contributed by atoms with Crippen LogP contribution in [-0.4, -0.2) is 39.3 Å². The average Bonchev–Trinajstić information content (AvgIpc) is 2.27. The van der Waals surface area contributed by atoms with E-state index in [1.54, 1.807) is 0 Å². The predicted molar refractivity (Wildman–Crippen MR) is 47.8 cm³/mol. The van der Waals surface area contributed by atoms with E-state index in [1.165, 1.54) is 12.8 Å². The van der Waals surface area contributed by atoms with Crippen molar-refractivity contribution in [3.05, 3.63) is 0 Å². The molecule has 0 aromatic carbocycles. The SMILES string of the molecule is CN[C@H]1CCNCC[C@@H]1NC. The van der Waals surface area contributed by atoms with Crippen LogP contribution in [0.4, 0.5) is 0 Å². The van der Waals surface area contributed by atoms with Crippen LogP contribution in [0.15, 0.2) is 0 Å². The van der Waals surface area contributed by atoms with E-state index in [4.69, 9.17) is 0 Å². The van der Waals surface area contributed by atoms with Crippen LogP contribution in [0.25, 0.3) is 0 Å². The van der Waals surface area contributed by atoms with Crippen LogP contribution >= 0.6 is 0 Å². The Hall–Kier alpha value is -0.120. The molecule has 1 rings (SSSR count). The minimum absolute atomic E-state index is 0.634. The fraction of sp³-hybridized carbons (Fsp3) is 1.00. The van der Waals surface area contributed by atoms with Gasteiger partial charge in [-0.25, -0.2) is 0 Å². The zero-order valence-corrected chi connectivity index (χ0v) is 7.48. The summed E-state index contributed by atoms with van der Waals surface area (Å²) in [6, 6.07) is 1.27. The fourth-order valence-corrected chi connectivity index (χ4v) is 1.73. The fourth-order valence-electron chi connectivity index (χ4n) is 1.73. The van der Waals surface area contributed by atoms with Gasteiger partial charge in [0.2, 0.25) is 0 Å². The van der Waals surface area contributed by atoms with Crippen molar-refractivity contribution < 1.29 is 0 Å². The van der Waals surface area contributed by atoms with E-state index in [0.29, 0.717) is 12.1 Å². The van der Waals surface area contributed by atoms with Gasteiger partial charge in [-0.3, -0.25) is 0 Å². The lowest BCUT2D eigenvalue weighted by atomic mass is 10.0. The Morgan fingerprint density at radius 1 is 1.00 bits per heavy atom. The van der Waals surface area contributed by atoms with Gasteiger partial charge in [-0.05, 0) is 40.0 Å². The molecule has 3 heteroatoms. The number of likely N-dealkylation sites (N-methyl/N-ethyl adjacent to an activating group) is 2. The average molecular weight is 157 g/mol. The van der Waals surface area contributed by atoms with E-state index in [0.717, 1.165) is 13.1 Å². The first-order valence-electron chi connectivity index (χ1n) is 4.43. The van der Waals surface area contributed by atoms with Crippen LogP contribution in [0.1, 0.15) is 12.8 Å². The maximum Gasteiger partial charge on any atom is 0.0230 e. The van der Waals surface area contributed by atoms with Crippen molar-refractivity contribution in [3.63, 3.8) is 0 Å². The Kier molecular flexibility index (Phi) is 3.83. The summed E-state index contributed by atoms with van der Waals surface area (Å²) >= 11 is 0. The number of rotatable bonds is 2. The molecule has 1 heterocycles.